The van der Waals surface area contributed by atoms with Crippen molar-refractivity contribution in [2.45, 2.75) is 29.5 Å². The van der Waals surface area contributed by atoms with Crippen molar-refractivity contribution in [1.82, 2.24) is 0 Å². The summed E-state index contributed by atoms with van der Waals surface area (Å²) in [5, 5.41) is 1.67. The Hall–Kier alpha value is -1.37. The number of ketones is 1. The molecule has 0 heterocycles. The molecule has 0 aromatic heterocycles. The van der Waals surface area contributed by atoms with Gasteiger partial charge in [-0.2, -0.15) is 8.42 Å². The van der Waals surface area contributed by atoms with Crippen LogP contribution in [0.25, 0.3) is 0 Å². The number of nitrogens with zero attached hydrogens (tertiary/aromatic N) is 1. The molecule has 8 heteroatoms. The summed E-state index contributed by atoms with van der Waals surface area (Å²) in [6.45, 7) is 3.19. The van der Waals surface area contributed by atoms with Crippen molar-refractivity contribution in [3.05, 3.63) is 41.5 Å². The first kappa shape index (κ1) is 17.0. The number of hydrogen-bond donors (Lipinski definition) is 0. The lowest BCUT2D eigenvalue weighted by molar-refractivity contribution is -0.115. The number of rotatable bonds is 3. The van der Waals surface area contributed by atoms with Gasteiger partial charge >= 0.3 is 10.1 Å². The van der Waals surface area contributed by atoms with E-state index in [4.69, 9.17) is 27.5 Å². The summed E-state index contributed by atoms with van der Waals surface area (Å²) in [6.07, 6.45) is 0. The highest BCUT2D eigenvalue weighted by atomic mass is 35.5. The van der Waals surface area contributed by atoms with E-state index in [-0.39, 0.29) is 16.4 Å². The molecule has 0 bridgehead atoms. The van der Waals surface area contributed by atoms with Crippen molar-refractivity contribution >= 4 is 44.8 Å². The Bertz CT molecular complexity index is 756. The first-order valence-corrected chi connectivity index (χ1v) is 8.60. The molecular weight excluding hydrogens is 349 g/mol. The van der Waals surface area contributed by atoms with Gasteiger partial charge in [0.2, 0.25) is 0 Å². The lowest BCUT2D eigenvalue weighted by Crippen LogP contribution is -2.38. The van der Waals surface area contributed by atoms with Gasteiger partial charge < -0.3 is 0 Å². The summed E-state index contributed by atoms with van der Waals surface area (Å²) in [7, 11) is -4.05. The van der Waals surface area contributed by atoms with Gasteiger partial charge in [-0.1, -0.05) is 23.4 Å². The van der Waals surface area contributed by atoms with Crippen LogP contribution in [-0.2, 0) is 19.2 Å². The predicted molar refractivity (Wildman–Crippen MR) is 84.8 cm³/mol. The Morgan fingerprint density at radius 3 is 2.23 bits per heavy atom. The highest BCUT2D eigenvalue weighted by Crippen LogP contribution is 2.28. The summed E-state index contributed by atoms with van der Waals surface area (Å²) >= 11 is 12.0. The van der Waals surface area contributed by atoms with E-state index in [9.17, 15) is 13.2 Å². The SMILES string of the molecule is CC1=C(C)/C(=N/OS(=O)(=O)c2ccccc2)[C@H](Cl)[C@H](Cl)C1=O. The largest absolute Gasteiger partial charge is 0.358 e. The van der Waals surface area contributed by atoms with Crippen molar-refractivity contribution < 1.29 is 17.5 Å². The minimum absolute atomic E-state index is 0.0295. The van der Waals surface area contributed by atoms with E-state index < -0.39 is 20.9 Å². The van der Waals surface area contributed by atoms with Crippen molar-refractivity contribution in [3.8, 4) is 0 Å². The van der Waals surface area contributed by atoms with Gasteiger partial charge in [0.25, 0.3) is 0 Å². The average Bonchev–Trinajstić information content (AvgIpc) is 2.52. The fraction of sp³-hybridized carbons (Fsp3) is 0.286. The Kier molecular flexibility index (Phi) is 4.94. The topological polar surface area (TPSA) is 72.8 Å². The smallest absolute Gasteiger partial charge is 0.293 e. The zero-order valence-corrected chi connectivity index (χ0v) is 14.1. The third-order valence-corrected chi connectivity index (χ3v) is 5.51. The van der Waals surface area contributed by atoms with Crippen LogP contribution in [0.5, 0.6) is 0 Å². The van der Waals surface area contributed by atoms with Gasteiger partial charge in [0.05, 0.1) is 0 Å². The molecule has 1 aliphatic rings. The second-order valence-electron chi connectivity index (χ2n) is 4.74. The Balaban J connectivity index is 2.36. The number of benzene rings is 1. The van der Waals surface area contributed by atoms with Gasteiger partial charge in [0, 0.05) is 0 Å². The lowest BCUT2D eigenvalue weighted by atomic mass is 9.90. The van der Waals surface area contributed by atoms with Gasteiger partial charge in [0.15, 0.2) is 5.78 Å². The van der Waals surface area contributed by atoms with Crippen molar-refractivity contribution in [2.24, 2.45) is 5.16 Å². The molecule has 0 N–H and O–H groups in total. The Morgan fingerprint density at radius 1 is 1.05 bits per heavy atom. The van der Waals surface area contributed by atoms with E-state index in [1.165, 1.54) is 12.1 Å². The van der Waals surface area contributed by atoms with Crippen LogP contribution in [0.1, 0.15) is 13.8 Å². The molecule has 5 nitrogen and oxygen atoms in total. The number of hydrogen-bond acceptors (Lipinski definition) is 5. The monoisotopic (exact) mass is 361 g/mol. The molecule has 0 amide bonds. The summed E-state index contributed by atoms with van der Waals surface area (Å²) in [5.41, 5.74) is 0.986. The van der Waals surface area contributed by atoms with E-state index in [0.29, 0.717) is 11.1 Å². The van der Waals surface area contributed by atoms with Crippen LogP contribution in [0.2, 0.25) is 0 Å². The molecule has 1 aromatic carbocycles. The van der Waals surface area contributed by atoms with E-state index in [1.807, 2.05) is 0 Å². The minimum Gasteiger partial charge on any atom is -0.293 e. The van der Waals surface area contributed by atoms with Crippen LogP contribution in [-0.4, -0.2) is 30.7 Å². The van der Waals surface area contributed by atoms with Gasteiger partial charge in [-0.3, -0.25) is 9.08 Å². The highest BCUT2D eigenvalue weighted by Gasteiger charge is 2.37. The fourth-order valence-corrected chi connectivity index (χ4v) is 3.26. The molecule has 2 atom stereocenters. The summed E-state index contributed by atoms with van der Waals surface area (Å²) < 4.78 is 28.8. The number of Topliss-reactive ketones (excluding diaryl/α,β-unsaturated/α-hetero) is 1. The molecule has 0 fully saturated rings. The van der Waals surface area contributed by atoms with Gasteiger partial charge in [-0.15, -0.1) is 23.2 Å². The van der Waals surface area contributed by atoms with Gasteiger partial charge in [-0.25, -0.2) is 0 Å². The molecule has 2 rings (SSSR count). The average molecular weight is 362 g/mol. The van der Waals surface area contributed by atoms with Crippen LogP contribution >= 0.6 is 23.2 Å². The summed E-state index contributed by atoms with van der Waals surface area (Å²) in [6, 6.07) is 7.59. The second-order valence-corrected chi connectivity index (χ2v) is 7.21. The molecule has 0 aliphatic heterocycles. The van der Waals surface area contributed by atoms with Crippen LogP contribution in [0.4, 0.5) is 0 Å². The van der Waals surface area contributed by atoms with Crippen LogP contribution in [0.3, 0.4) is 0 Å². The van der Waals surface area contributed by atoms with Crippen molar-refractivity contribution in [2.75, 3.05) is 0 Å². The first-order chi connectivity index (χ1) is 10.3. The number of alkyl halides is 2. The van der Waals surface area contributed by atoms with Gasteiger partial charge in [0.1, 0.15) is 21.4 Å². The zero-order chi connectivity index (χ0) is 16.5. The third-order valence-electron chi connectivity index (χ3n) is 3.35. The number of carbonyl (C=O) groups excluding carboxylic acids is 1. The van der Waals surface area contributed by atoms with Crippen molar-refractivity contribution in [3.63, 3.8) is 0 Å². The molecule has 0 spiro atoms. The molecule has 0 radical (unpaired) electrons. The molecule has 118 valence electrons. The van der Waals surface area contributed by atoms with E-state index in [2.05, 4.69) is 5.16 Å². The third kappa shape index (κ3) is 3.19. The van der Waals surface area contributed by atoms with E-state index >= 15 is 0 Å². The van der Waals surface area contributed by atoms with Crippen molar-refractivity contribution in [1.29, 1.82) is 0 Å². The molecule has 0 saturated heterocycles. The quantitative estimate of drug-likeness (QED) is 0.612. The number of halogens is 2. The molecule has 0 unspecified atom stereocenters. The maximum atomic E-state index is 12.0. The zero-order valence-electron chi connectivity index (χ0n) is 11.8. The van der Waals surface area contributed by atoms with E-state index in [1.54, 1.807) is 32.0 Å². The summed E-state index contributed by atoms with van der Waals surface area (Å²) in [4.78, 5) is 11.8. The highest BCUT2D eigenvalue weighted by molar-refractivity contribution is 7.86. The molecule has 0 saturated carbocycles. The van der Waals surface area contributed by atoms with Gasteiger partial charge in [-0.05, 0) is 37.1 Å². The standard InChI is InChI=1S/C14H13Cl2NO4S/c1-8-9(2)14(18)12(16)11(15)13(8)17-21-22(19,20)10-6-4-3-5-7-10/h3-7,11-12H,1-2H3/b17-13-/t11-,12+/m1/s1. The Labute approximate surface area is 138 Å². The van der Waals surface area contributed by atoms with Crippen LogP contribution in [0.15, 0.2) is 51.5 Å². The number of allylic oxidation sites excluding steroid dienone is 2. The van der Waals surface area contributed by atoms with Crippen LogP contribution in [0, 0.1) is 0 Å². The molecule has 1 aliphatic carbocycles. The normalized spacial score (nSPS) is 24.7. The van der Waals surface area contributed by atoms with E-state index in [0.717, 1.165) is 0 Å². The fourth-order valence-electron chi connectivity index (χ4n) is 1.90. The minimum atomic E-state index is -4.05. The molecular formula is C14H13Cl2NO4S. The predicted octanol–water partition coefficient (Wildman–Crippen LogP) is 2.88. The Morgan fingerprint density at radius 2 is 1.64 bits per heavy atom. The lowest BCUT2D eigenvalue weighted by Gasteiger charge is -2.24. The number of carbonyl (C=O) groups is 1. The van der Waals surface area contributed by atoms with Crippen LogP contribution < -0.4 is 0 Å². The molecule has 22 heavy (non-hydrogen) atoms. The summed E-state index contributed by atoms with van der Waals surface area (Å²) in [5.74, 6) is -0.302. The maximum Gasteiger partial charge on any atom is 0.358 e. The first-order valence-electron chi connectivity index (χ1n) is 6.32. The number of oxime groups is 1. The maximum absolute atomic E-state index is 12.0. The molecule has 1 aromatic rings. The second kappa shape index (κ2) is 6.40.